The minimum Gasteiger partial charge on any atom is -0.307 e. The molecule has 0 radical (unpaired) electrons. The van der Waals surface area contributed by atoms with Gasteiger partial charge in [0.25, 0.3) is 0 Å². The van der Waals surface area contributed by atoms with Gasteiger partial charge in [-0.15, -0.1) is 10.2 Å². The highest BCUT2D eigenvalue weighted by Gasteiger charge is 2.09. The second-order valence-electron chi connectivity index (χ2n) is 6.11. The van der Waals surface area contributed by atoms with Crippen LogP contribution in [0.15, 0.2) is 41.4 Å². The average Bonchev–Trinajstić information content (AvgIpc) is 3.06. The van der Waals surface area contributed by atoms with Crippen LogP contribution >= 0.6 is 35.0 Å². The fourth-order valence-electron chi connectivity index (χ4n) is 2.40. The van der Waals surface area contributed by atoms with Gasteiger partial charge in [0.15, 0.2) is 5.82 Å². The van der Waals surface area contributed by atoms with Gasteiger partial charge >= 0.3 is 6.03 Å². The smallest absolute Gasteiger partial charge is 0.307 e. The summed E-state index contributed by atoms with van der Waals surface area (Å²) >= 11 is 12.9. The second-order valence-corrected chi connectivity index (χ2v) is 7.92. The molecule has 0 aliphatic carbocycles. The fourth-order valence-corrected chi connectivity index (χ4v) is 3.31. The number of thioether (sulfide) groups is 1. The third kappa shape index (κ3) is 5.85. The van der Waals surface area contributed by atoms with Gasteiger partial charge in [0.1, 0.15) is 5.03 Å². The number of hydrogen-bond donors (Lipinski definition) is 3. The highest BCUT2D eigenvalue weighted by Crippen LogP contribution is 2.24. The molecule has 0 atom stereocenters. The highest BCUT2D eigenvalue weighted by atomic mass is 35.5. The summed E-state index contributed by atoms with van der Waals surface area (Å²) in [4.78, 5) is 23.8. The van der Waals surface area contributed by atoms with Gasteiger partial charge in [0, 0.05) is 11.4 Å². The van der Waals surface area contributed by atoms with Crippen LogP contribution in [0.2, 0.25) is 10.0 Å². The average molecular weight is 466 g/mol. The summed E-state index contributed by atoms with van der Waals surface area (Å²) in [5, 5.41) is 16.3. The molecule has 9 nitrogen and oxygen atoms in total. The molecule has 0 aliphatic heterocycles. The maximum absolute atomic E-state index is 11.9. The lowest BCUT2D eigenvalue weighted by molar-refractivity contribution is -0.119. The summed E-state index contributed by atoms with van der Waals surface area (Å²) in [5.41, 5.74) is 6.83. The number of urea groups is 1. The van der Waals surface area contributed by atoms with Crippen LogP contribution in [-0.4, -0.2) is 37.7 Å². The van der Waals surface area contributed by atoms with Crippen molar-refractivity contribution in [3.63, 3.8) is 0 Å². The maximum atomic E-state index is 11.9. The molecule has 0 saturated heterocycles. The lowest BCUT2D eigenvalue weighted by atomic mass is 10.3. The molecule has 3 rings (SSSR count). The topological polar surface area (TPSA) is 114 Å². The van der Waals surface area contributed by atoms with Crippen molar-refractivity contribution in [2.75, 3.05) is 11.1 Å². The van der Waals surface area contributed by atoms with Crippen LogP contribution < -0.4 is 16.2 Å². The van der Waals surface area contributed by atoms with Crippen LogP contribution in [0, 0.1) is 13.8 Å². The van der Waals surface area contributed by atoms with E-state index in [2.05, 4.69) is 31.5 Å². The van der Waals surface area contributed by atoms with Gasteiger partial charge < -0.3 is 5.32 Å². The van der Waals surface area contributed by atoms with Crippen LogP contribution in [0.5, 0.6) is 0 Å². The fraction of sp³-hybridized carbons (Fsp3) is 0.167. The number of carbonyl (C=O) groups is 2. The van der Waals surface area contributed by atoms with E-state index in [1.54, 1.807) is 28.9 Å². The van der Waals surface area contributed by atoms with E-state index in [0.29, 0.717) is 26.6 Å². The first-order chi connectivity index (χ1) is 14.3. The Morgan fingerprint density at radius 2 is 1.83 bits per heavy atom. The molecule has 1 aromatic carbocycles. The largest absolute Gasteiger partial charge is 0.337 e. The van der Waals surface area contributed by atoms with E-state index in [-0.39, 0.29) is 5.75 Å². The van der Waals surface area contributed by atoms with E-state index < -0.39 is 11.9 Å². The Hall–Kier alpha value is -2.82. The number of hydrazine groups is 1. The number of benzene rings is 1. The van der Waals surface area contributed by atoms with Crippen molar-refractivity contribution in [1.29, 1.82) is 0 Å². The Bertz CT molecular complexity index is 1070. The zero-order valence-corrected chi connectivity index (χ0v) is 18.3. The van der Waals surface area contributed by atoms with E-state index in [1.807, 2.05) is 19.9 Å². The second kappa shape index (κ2) is 9.79. The molecular weight excluding hydrogens is 449 g/mol. The van der Waals surface area contributed by atoms with Gasteiger partial charge in [0.05, 0.1) is 21.5 Å². The molecule has 0 fully saturated rings. The molecule has 0 saturated carbocycles. The van der Waals surface area contributed by atoms with Gasteiger partial charge in [-0.3, -0.25) is 10.2 Å². The third-order valence-electron chi connectivity index (χ3n) is 3.70. The monoisotopic (exact) mass is 465 g/mol. The summed E-state index contributed by atoms with van der Waals surface area (Å²) < 4.78 is 1.69. The molecule has 2 aromatic heterocycles. The van der Waals surface area contributed by atoms with Crippen molar-refractivity contribution in [1.82, 2.24) is 30.8 Å². The SMILES string of the molecule is Cc1cc(C)n(-c2ccc(SCC(=O)NNC(=O)Nc3ccc(Cl)c(Cl)c3)nn2)n1. The van der Waals surface area contributed by atoms with Gasteiger partial charge in [-0.25, -0.2) is 14.9 Å². The number of rotatable bonds is 5. The highest BCUT2D eigenvalue weighted by molar-refractivity contribution is 7.99. The van der Waals surface area contributed by atoms with E-state index in [9.17, 15) is 9.59 Å². The molecule has 2 heterocycles. The molecule has 3 N–H and O–H groups in total. The Morgan fingerprint density at radius 3 is 2.47 bits per heavy atom. The Morgan fingerprint density at radius 1 is 1.03 bits per heavy atom. The quantitative estimate of drug-likeness (QED) is 0.392. The number of aryl methyl sites for hydroxylation is 2. The van der Waals surface area contributed by atoms with Crippen LogP contribution in [0.3, 0.4) is 0 Å². The molecule has 0 bridgehead atoms. The first-order valence-electron chi connectivity index (χ1n) is 8.63. The molecule has 0 unspecified atom stereocenters. The number of carbonyl (C=O) groups excluding carboxylic acids is 2. The molecule has 30 heavy (non-hydrogen) atoms. The Labute approximate surface area is 186 Å². The summed E-state index contributed by atoms with van der Waals surface area (Å²) in [6, 6.07) is 9.47. The van der Waals surface area contributed by atoms with E-state index in [1.165, 1.54) is 17.8 Å². The van der Waals surface area contributed by atoms with Gasteiger partial charge in [-0.2, -0.15) is 5.10 Å². The summed E-state index contributed by atoms with van der Waals surface area (Å²) in [7, 11) is 0. The molecular formula is C18H17Cl2N7O2S. The summed E-state index contributed by atoms with van der Waals surface area (Å²) in [6.45, 7) is 3.83. The first-order valence-corrected chi connectivity index (χ1v) is 10.4. The van der Waals surface area contributed by atoms with Gasteiger partial charge in [0.2, 0.25) is 5.91 Å². The van der Waals surface area contributed by atoms with Crippen LogP contribution in [0.25, 0.3) is 5.82 Å². The molecule has 3 aromatic rings. The van der Waals surface area contributed by atoms with E-state index >= 15 is 0 Å². The normalized spacial score (nSPS) is 10.5. The molecule has 0 spiro atoms. The molecule has 3 amide bonds. The van der Waals surface area contributed by atoms with Crippen LogP contribution in [-0.2, 0) is 4.79 Å². The lowest BCUT2D eigenvalue weighted by Gasteiger charge is -2.09. The number of hydrogen-bond acceptors (Lipinski definition) is 6. The Kier molecular flexibility index (Phi) is 7.14. The van der Waals surface area contributed by atoms with Crippen molar-refractivity contribution in [3.8, 4) is 5.82 Å². The predicted octanol–water partition coefficient (Wildman–Crippen LogP) is 3.53. The van der Waals surface area contributed by atoms with Gasteiger partial charge in [-0.1, -0.05) is 35.0 Å². The van der Waals surface area contributed by atoms with Crippen molar-refractivity contribution in [2.24, 2.45) is 0 Å². The van der Waals surface area contributed by atoms with Crippen molar-refractivity contribution >= 4 is 52.6 Å². The third-order valence-corrected chi connectivity index (χ3v) is 5.36. The first kappa shape index (κ1) is 21.9. The summed E-state index contributed by atoms with van der Waals surface area (Å²) in [6.07, 6.45) is 0. The minimum atomic E-state index is -0.624. The number of nitrogens with zero attached hydrogens (tertiary/aromatic N) is 4. The summed E-state index contributed by atoms with van der Waals surface area (Å²) in [5.74, 6) is 0.227. The van der Waals surface area contributed by atoms with Crippen molar-refractivity contribution in [2.45, 2.75) is 18.9 Å². The molecule has 12 heteroatoms. The number of nitrogens with one attached hydrogen (secondary N) is 3. The maximum Gasteiger partial charge on any atom is 0.337 e. The predicted molar refractivity (Wildman–Crippen MR) is 116 cm³/mol. The number of aromatic nitrogens is 4. The molecule has 0 aliphatic rings. The zero-order chi connectivity index (χ0) is 21.7. The Balaban J connectivity index is 1.44. The van der Waals surface area contributed by atoms with Crippen LogP contribution in [0.4, 0.5) is 10.5 Å². The molecule has 156 valence electrons. The zero-order valence-electron chi connectivity index (χ0n) is 15.9. The van der Waals surface area contributed by atoms with Gasteiger partial charge in [-0.05, 0) is 50.2 Å². The van der Waals surface area contributed by atoms with E-state index in [0.717, 1.165) is 11.4 Å². The number of anilines is 1. The standard InChI is InChI=1S/C18H17Cl2N7O2S/c1-10-7-11(2)27(26-10)15-5-6-17(24-22-15)30-9-16(28)23-25-18(29)21-12-3-4-13(19)14(20)8-12/h3-8H,9H2,1-2H3,(H,23,28)(H2,21,25,29). The lowest BCUT2D eigenvalue weighted by Crippen LogP contribution is -2.44. The van der Waals surface area contributed by atoms with Crippen LogP contribution in [0.1, 0.15) is 11.4 Å². The van der Waals surface area contributed by atoms with Crippen molar-refractivity contribution in [3.05, 3.63) is 57.8 Å². The minimum absolute atomic E-state index is 0.0426. The van der Waals surface area contributed by atoms with E-state index in [4.69, 9.17) is 23.2 Å². The number of amides is 3. The number of halogens is 2. The van der Waals surface area contributed by atoms with Crippen molar-refractivity contribution < 1.29 is 9.59 Å².